The van der Waals surface area contributed by atoms with Gasteiger partial charge in [0.2, 0.25) is 0 Å². The lowest BCUT2D eigenvalue weighted by Crippen LogP contribution is -2.60. The van der Waals surface area contributed by atoms with Crippen LogP contribution in [-0.2, 0) is 15.6 Å². The molecule has 174 valence electrons. The van der Waals surface area contributed by atoms with E-state index in [0.29, 0.717) is 0 Å². The SMILES string of the molecule is C=C[C@@H]1c2c(F)cccc2N[C@@H]2N(S(=O)(=O)c3ccc(C)cc3)c3c(Cl)cccc3[C@]12[N+](=O)[O-]. The van der Waals surface area contributed by atoms with Crippen LogP contribution in [0.25, 0.3) is 0 Å². The number of hydrogen-bond donors (Lipinski definition) is 1. The van der Waals surface area contributed by atoms with E-state index in [1.54, 1.807) is 18.2 Å². The standard InChI is InChI=1S/C24H19ClFN3O4S/c1-3-16-21-19(26)8-5-9-20(21)27-23-24(16,29(30)31)17-6-4-7-18(25)22(17)28(23)34(32,33)15-12-10-14(2)11-13-15/h3-13,16,23,27H,1H2,2H3/t16-,23-,24-/m1/s1. The van der Waals surface area contributed by atoms with Crippen LogP contribution in [-0.4, -0.2) is 19.5 Å². The molecule has 0 fully saturated rings. The van der Waals surface area contributed by atoms with Crippen LogP contribution < -0.4 is 9.62 Å². The summed E-state index contributed by atoms with van der Waals surface area (Å²) < 4.78 is 43.9. The zero-order valence-corrected chi connectivity index (χ0v) is 19.5. The Morgan fingerprint density at radius 2 is 1.85 bits per heavy atom. The molecular formula is C24H19ClFN3O4S. The van der Waals surface area contributed by atoms with Crippen LogP contribution >= 0.6 is 11.6 Å². The van der Waals surface area contributed by atoms with Gasteiger partial charge >= 0.3 is 0 Å². The normalized spacial score (nSPS) is 22.9. The van der Waals surface area contributed by atoms with Crippen molar-refractivity contribution in [1.29, 1.82) is 0 Å². The van der Waals surface area contributed by atoms with Crippen molar-refractivity contribution in [3.05, 3.63) is 111 Å². The maximum Gasteiger partial charge on any atom is 0.298 e. The second-order valence-corrected chi connectivity index (χ2v) is 10.5. The third-order valence-electron chi connectivity index (χ3n) is 6.54. The van der Waals surface area contributed by atoms with E-state index >= 15 is 4.39 Å². The highest BCUT2D eigenvalue weighted by molar-refractivity contribution is 7.93. The second kappa shape index (κ2) is 7.54. The van der Waals surface area contributed by atoms with E-state index in [1.165, 1.54) is 48.5 Å². The van der Waals surface area contributed by atoms with Gasteiger partial charge in [0.15, 0.2) is 6.17 Å². The van der Waals surface area contributed by atoms with Crippen molar-refractivity contribution in [3.8, 4) is 0 Å². The van der Waals surface area contributed by atoms with E-state index in [4.69, 9.17) is 11.6 Å². The Morgan fingerprint density at radius 3 is 2.50 bits per heavy atom. The highest BCUT2D eigenvalue weighted by atomic mass is 35.5. The van der Waals surface area contributed by atoms with Crippen molar-refractivity contribution >= 4 is 33.0 Å². The molecule has 34 heavy (non-hydrogen) atoms. The first-order valence-electron chi connectivity index (χ1n) is 10.4. The molecule has 1 N–H and O–H groups in total. The molecule has 10 heteroatoms. The quantitative estimate of drug-likeness (QED) is 0.303. The summed E-state index contributed by atoms with van der Waals surface area (Å²) in [5.41, 5.74) is -0.915. The van der Waals surface area contributed by atoms with E-state index in [2.05, 4.69) is 11.9 Å². The number of nitrogens with zero attached hydrogens (tertiary/aromatic N) is 2. The minimum atomic E-state index is -4.32. The largest absolute Gasteiger partial charge is 0.358 e. The molecule has 0 aromatic heterocycles. The summed E-state index contributed by atoms with van der Waals surface area (Å²) >= 11 is 6.49. The van der Waals surface area contributed by atoms with E-state index in [-0.39, 0.29) is 32.4 Å². The zero-order chi connectivity index (χ0) is 24.4. The van der Waals surface area contributed by atoms with Gasteiger partial charge in [0.25, 0.3) is 15.6 Å². The zero-order valence-electron chi connectivity index (χ0n) is 17.9. The Labute approximate surface area is 200 Å². The van der Waals surface area contributed by atoms with E-state index in [1.807, 2.05) is 6.92 Å². The van der Waals surface area contributed by atoms with Gasteiger partial charge in [-0.2, -0.15) is 0 Å². The Morgan fingerprint density at radius 1 is 1.18 bits per heavy atom. The molecule has 0 saturated heterocycles. The molecule has 0 spiro atoms. The first-order valence-corrected chi connectivity index (χ1v) is 12.2. The van der Waals surface area contributed by atoms with Crippen molar-refractivity contribution in [2.75, 3.05) is 9.62 Å². The number of rotatable bonds is 4. The predicted molar refractivity (Wildman–Crippen MR) is 128 cm³/mol. The first kappa shape index (κ1) is 22.4. The molecule has 2 aliphatic rings. The van der Waals surface area contributed by atoms with Gasteiger partial charge in [-0.1, -0.05) is 47.5 Å². The lowest BCUT2D eigenvalue weighted by Gasteiger charge is -2.41. The Balaban J connectivity index is 1.88. The predicted octanol–water partition coefficient (Wildman–Crippen LogP) is 5.19. The van der Waals surface area contributed by atoms with Crippen LogP contribution in [0.3, 0.4) is 0 Å². The van der Waals surface area contributed by atoms with Crippen LogP contribution in [0.2, 0.25) is 5.02 Å². The Kier molecular flexibility index (Phi) is 4.96. The molecule has 3 aromatic rings. The van der Waals surface area contributed by atoms with Crippen LogP contribution in [0.5, 0.6) is 0 Å². The van der Waals surface area contributed by atoms with Crippen LogP contribution in [0.4, 0.5) is 15.8 Å². The monoisotopic (exact) mass is 499 g/mol. The van der Waals surface area contributed by atoms with Crippen LogP contribution in [0.15, 0.2) is 78.2 Å². The molecule has 0 amide bonds. The molecule has 0 bridgehead atoms. The maximum absolute atomic E-state index is 15.0. The summed E-state index contributed by atoms with van der Waals surface area (Å²) in [5, 5.41) is 15.9. The van der Waals surface area contributed by atoms with Gasteiger partial charge in [0.1, 0.15) is 5.82 Å². The van der Waals surface area contributed by atoms with E-state index in [9.17, 15) is 18.5 Å². The minimum absolute atomic E-state index is 0.0148. The number of halogens is 2. The fourth-order valence-electron chi connectivity index (χ4n) is 5.06. The van der Waals surface area contributed by atoms with Crippen molar-refractivity contribution in [3.63, 3.8) is 0 Å². The number of hydrogen-bond acceptors (Lipinski definition) is 5. The minimum Gasteiger partial charge on any atom is -0.358 e. The van der Waals surface area contributed by atoms with Gasteiger partial charge in [0, 0.05) is 16.2 Å². The Bertz CT molecular complexity index is 1460. The van der Waals surface area contributed by atoms with Gasteiger partial charge in [-0.05, 0) is 43.3 Å². The summed E-state index contributed by atoms with van der Waals surface area (Å²) in [6, 6.07) is 14.8. The van der Waals surface area contributed by atoms with Gasteiger partial charge in [-0.3, -0.25) is 10.1 Å². The number of aryl methyl sites for hydroxylation is 1. The second-order valence-electron chi connectivity index (χ2n) is 8.29. The third-order valence-corrected chi connectivity index (χ3v) is 8.62. The average molecular weight is 500 g/mol. The van der Waals surface area contributed by atoms with Crippen molar-refractivity contribution in [1.82, 2.24) is 0 Å². The molecule has 0 unspecified atom stereocenters. The third kappa shape index (κ3) is 2.77. The number of nitrogens with one attached hydrogen (secondary N) is 1. The number of sulfonamides is 1. The highest BCUT2D eigenvalue weighted by Crippen LogP contribution is 2.60. The van der Waals surface area contributed by atoms with E-state index < -0.39 is 38.4 Å². The lowest BCUT2D eigenvalue weighted by atomic mass is 9.71. The van der Waals surface area contributed by atoms with Crippen molar-refractivity contribution < 1.29 is 17.7 Å². The van der Waals surface area contributed by atoms with Gasteiger partial charge in [0.05, 0.1) is 27.1 Å². The van der Waals surface area contributed by atoms with Gasteiger partial charge in [-0.15, -0.1) is 6.58 Å². The molecule has 0 aliphatic carbocycles. The maximum atomic E-state index is 15.0. The average Bonchev–Trinajstić information content (AvgIpc) is 3.11. The molecule has 7 nitrogen and oxygen atoms in total. The van der Waals surface area contributed by atoms with Crippen molar-refractivity contribution in [2.45, 2.75) is 29.4 Å². The first-order chi connectivity index (χ1) is 16.1. The summed E-state index contributed by atoms with van der Waals surface area (Å²) in [6.07, 6.45) is -0.133. The number of benzene rings is 3. The smallest absolute Gasteiger partial charge is 0.298 e. The van der Waals surface area contributed by atoms with Gasteiger partial charge in [-0.25, -0.2) is 17.1 Å². The summed E-state index contributed by atoms with van der Waals surface area (Å²) in [4.78, 5) is 12.3. The summed E-state index contributed by atoms with van der Waals surface area (Å²) in [6.45, 7) is 5.58. The molecular weight excluding hydrogens is 481 g/mol. The van der Waals surface area contributed by atoms with Gasteiger partial charge < -0.3 is 5.32 Å². The highest BCUT2D eigenvalue weighted by Gasteiger charge is 2.70. The molecule has 5 rings (SSSR count). The number of anilines is 2. The fourth-order valence-corrected chi connectivity index (χ4v) is 7.01. The molecule has 3 aromatic carbocycles. The number of fused-ring (bicyclic) bond motifs is 4. The summed E-state index contributed by atoms with van der Waals surface area (Å²) in [5.74, 6) is -1.83. The molecule has 0 radical (unpaired) electrons. The van der Waals surface area contributed by atoms with Crippen LogP contribution in [0.1, 0.15) is 22.6 Å². The summed E-state index contributed by atoms with van der Waals surface area (Å²) in [7, 11) is -4.32. The topological polar surface area (TPSA) is 92.6 Å². The Hall–Kier alpha value is -3.43. The molecule has 2 heterocycles. The molecule has 0 saturated carbocycles. The van der Waals surface area contributed by atoms with Crippen LogP contribution in [0, 0.1) is 22.9 Å². The molecule has 3 atom stereocenters. The molecule has 2 aliphatic heterocycles. The van der Waals surface area contributed by atoms with Crippen molar-refractivity contribution in [2.24, 2.45) is 0 Å². The number of nitro groups is 1. The lowest BCUT2D eigenvalue weighted by molar-refractivity contribution is -0.583. The number of para-hydroxylation sites is 1. The van der Waals surface area contributed by atoms with E-state index in [0.717, 1.165) is 9.87 Å². The fraction of sp³-hybridized carbons (Fsp3) is 0.167.